The molecule has 1 aliphatic carbocycles. The number of carbonyl (C=O) groups is 2. The van der Waals surface area contributed by atoms with Gasteiger partial charge >= 0.3 is 5.97 Å². The number of aliphatic carboxylic acids is 1. The van der Waals surface area contributed by atoms with Crippen LogP contribution >= 0.6 is 0 Å². The fourth-order valence-corrected chi connectivity index (χ4v) is 3.99. The lowest BCUT2D eigenvalue weighted by atomic mass is 9.86. The van der Waals surface area contributed by atoms with Crippen LogP contribution in [0.1, 0.15) is 63.2 Å². The van der Waals surface area contributed by atoms with Gasteiger partial charge in [0.1, 0.15) is 11.8 Å². The Morgan fingerprint density at radius 3 is 2.45 bits per heavy atom. The van der Waals surface area contributed by atoms with Gasteiger partial charge < -0.3 is 15.2 Å². The Labute approximate surface area is 172 Å². The zero-order valence-electron chi connectivity index (χ0n) is 17.5. The number of hydrogen-bond donors (Lipinski definition) is 2. The standard InChI is InChI=1S/C24H31NO4/c1-24(2,3)21(23(27)28)25-22(26)19-14-13-17-11-7-8-12-18(17)20(19)29-15-16-9-5-4-6-10-16/h7-8,11-14,16,21H,4-6,9-10,15H2,1-3H3,(H,25,26)(H,27,28). The zero-order chi connectivity index (χ0) is 21.0. The SMILES string of the molecule is CC(C)(C)C(NC(=O)c1ccc2ccccc2c1OCC1CCCCC1)C(=O)O. The second-order valence-corrected chi connectivity index (χ2v) is 9.09. The highest BCUT2D eigenvalue weighted by atomic mass is 16.5. The van der Waals surface area contributed by atoms with Crippen molar-refractivity contribution in [1.29, 1.82) is 0 Å². The molecule has 1 fully saturated rings. The fraction of sp³-hybridized carbons (Fsp3) is 0.500. The lowest BCUT2D eigenvalue weighted by Gasteiger charge is -2.28. The van der Waals surface area contributed by atoms with Crippen LogP contribution in [0.4, 0.5) is 0 Å². The zero-order valence-corrected chi connectivity index (χ0v) is 17.5. The lowest BCUT2D eigenvalue weighted by Crippen LogP contribution is -2.49. The number of fused-ring (bicyclic) bond motifs is 1. The Balaban J connectivity index is 1.91. The van der Waals surface area contributed by atoms with Crippen molar-refractivity contribution >= 4 is 22.6 Å². The minimum absolute atomic E-state index is 0.384. The summed E-state index contributed by atoms with van der Waals surface area (Å²) >= 11 is 0. The van der Waals surface area contributed by atoms with Crippen LogP contribution < -0.4 is 10.1 Å². The van der Waals surface area contributed by atoms with Gasteiger partial charge in [0.25, 0.3) is 5.91 Å². The van der Waals surface area contributed by atoms with E-state index in [-0.39, 0.29) is 0 Å². The van der Waals surface area contributed by atoms with Gasteiger partial charge in [-0.05, 0) is 35.6 Å². The molecule has 5 heteroatoms. The van der Waals surface area contributed by atoms with E-state index in [9.17, 15) is 14.7 Å². The molecule has 0 spiro atoms. The molecule has 0 aliphatic heterocycles. The smallest absolute Gasteiger partial charge is 0.326 e. The minimum atomic E-state index is -1.05. The number of carbonyl (C=O) groups excluding carboxylic acids is 1. The van der Waals surface area contributed by atoms with Crippen LogP contribution in [0.5, 0.6) is 5.75 Å². The summed E-state index contributed by atoms with van der Waals surface area (Å²) in [5.74, 6) is -0.419. The summed E-state index contributed by atoms with van der Waals surface area (Å²) in [6.07, 6.45) is 6.03. The number of ether oxygens (including phenoxy) is 1. The van der Waals surface area contributed by atoms with Crippen molar-refractivity contribution in [2.75, 3.05) is 6.61 Å². The van der Waals surface area contributed by atoms with E-state index >= 15 is 0 Å². The molecule has 156 valence electrons. The van der Waals surface area contributed by atoms with Gasteiger partial charge in [-0.25, -0.2) is 4.79 Å². The van der Waals surface area contributed by atoms with Gasteiger partial charge in [0.2, 0.25) is 0 Å². The molecule has 5 nitrogen and oxygen atoms in total. The van der Waals surface area contributed by atoms with Crippen molar-refractivity contribution in [3.05, 3.63) is 42.0 Å². The maximum absolute atomic E-state index is 13.1. The molecular formula is C24H31NO4. The van der Waals surface area contributed by atoms with Crippen LogP contribution in [0.3, 0.4) is 0 Å². The van der Waals surface area contributed by atoms with Crippen LogP contribution in [0.25, 0.3) is 10.8 Å². The molecule has 1 amide bonds. The molecule has 2 aromatic carbocycles. The van der Waals surface area contributed by atoms with Crippen molar-refractivity contribution in [2.45, 2.75) is 58.9 Å². The first-order chi connectivity index (χ1) is 13.8. The van der Waals surface area contributed by atoms with Crippen LogP contribution in [0.2, 0.25) is 0 Å². The highest BCUT2D eigenvalue weighted by Gasteiger charge is 2.33. The quantitative estimate of drug-likeness (QED) is 0.717. The number of rotatable bonds is 6. The predicted octanol–water partition coefficient (Wildman–Crippen LogP) is 5.03. The molecule has 0 radical (unpaired) electrons. The Kier molecular flexibility index (Phi) is 6.46. The van der Waals surface area contributed by atoms with Crippen molar-refractivity contribution in [3.8, 4) is 5.75 Å². The monoisotopic (exact) mass is 397 g/mol. The van der Waals surface area contributed by atoms with Crippen molar-refractivity contribution in [1.82, 2.24) is 5.32 Å². The Morgan fingerprint density at radius 2 is 1.79 bits per heavy atom. The summed E-state index contributed by atoms with van der Waals surface area (Å²) < 4.78 is 6.23. The van der Waals surface area contributed by atoms with E-state index in [0.29, 0.717) is 23.8 Å². The normalized spacial score (nSPS) is 16.4. The van der Waals surface area contributed by atoms with Crippen LogP contribution in [-0.2, 0) is 4.79 Å². The van der Waals surface area contributed by atoms with Gasteiger partial charge in [-0.3, -0.25) is 4.79 Å². The van der Waals surface area contributed by atoms with Crippen molar-refractivity contribution in [3.63, 3.8) is 0 Å². The highest BCUT2D eigenvalue weighted by molar-refractivity contribution is 6.04. The summed E-state index contributed by atoms with van der Waals surface area (Å²) in [4.78, 5) is 24.8. The molecule has 29 heavy (non-hydrogen) atoms. The molecule has 0 bridgehead atoms. The van der Waals surface area contributed by atoms with Gasteiger partial charge in [0.15, 0.2) is 0 Å². The van der Waals surface area contributed by atoms with E-state index in [2.05, 4.69) is 5.32 Å². The molecule has 1 atom stereocenters. The first-order valence-electron chi connectivity index (χ1n) is 10.5. The average molecular weight is 398 g/mol. The maximum Gasteiger partial charge on any atom is 0.326 e. The number of benzene rings is 2. The van der Waals surface area contributed by atoms with Crippen molar-refractivity contribution < 1.29 is 19.4 Å². The number of amides is 1. The van der Waals surface area contributed by atoms with Gasteiger partial charge in [-0.2, -0.15) is 0 Å². The second kappa shape index (κ2) is 8.85. The molecular weight excluding hydrogens is 366 g/mol. The third-order valence-corrected chi connectivity index (χ3v) is 5.70. The van der Waals surface area contributed by atoms with E-state index in [1.807, 2.05) is 30.3 Å². The predicted molar refractivity (Wildman–Crippen MR) is 114 cm³/mol. The topological polar surface area (TPSA) is 75.6 Å². The highest BCUT2D eigenvalue weighted by Crippen LogP contribution is 2.32. The van der Waals surface area contributed by atoms with Crippen LogP contribution in [0.15, 0.2) is 36.4 Å². The lowest BCUT2D eigenvalue weighted by molar-refractivity contribution is -0.142. The van der Waals surface area contributed by atoms with Crippen molar-refractivity contribution in [2.24, 2.45) is 11.3 Å². The third kappa shape index (κ3) is 5.08. The minimum Gasteiger partial charge on any atom is -0.492 e. The fourth-order valence-electron chi connectivity index (χ4n) is 3.99. The summed E-state index contributed by atoms with van der Waals surface area (Å²) in [5.41, 5.74) is -0.225. The maximum atomic E-state index is 13.1. The van der Waals surface area contributed by atoms with E-state index in [1.165, 1.54) is 19.3 Å². The van der Waals surface area contributed by atoms with E-state index < -0.39 is 23.3 Å². The van der Waals surface area contributed by atoms with E-state index in [4.69, 9.17) is 4.74 Å². The number of carboxylic acids is 1. The Bertz CT molecular complexity index is 878. The second-order valence-electron chi connectivity index (χ2n) is 9.09. The molecule has 1 unspecified atom stereocenters. The molecule has 0 aromatic heterocycles. The first-order valence-corrected chi connectivity index (χ1v) is 10.5. The van der Waals surface area contributed by atoms with E-state index in [1.54, 1.807) is 26.8 Å². The summed E-state index contributed by atoms with van der Waals surface area (Å²) in [5, 5.41) is 14.1. The van der Waals surface area contributed by atoms with Crippen LogP contribution in [0, 0.1) is 11.3 Å². The number of hydrogen-bond acceptors (Lipinski definition) is 3. The molecule has 2 aromatic rings. The number of nitrogens with one attached hydrogen (secondary N) is 1. The van der Waals surface area contributed by atoms with E-state index in [0.717, 1.165) is 23.6 Å². The third-order valence-electron chi connectivity index (χ3n) is 5.70. The largest absolute Gasteiger partial charge is 0.492 e. The summed E-state index contributed by atoms with van der Waals surface area (Å²) in [6.45, 7) is 5.97. The molecule has 3 rings (SSSR count). The van der Waals surface area contributed by atoms with Gasteiger partial charge in [-0.1, -0.05) is 70.4 Å². The average Bonchev–Trinajstić information content (AvgIpc) is 2.69. The summed E-state index contributed by atoms with van der Waals surface area (Å²) in [7, 11) is 0. The van der Waals surface area contributed by atoms with Gasteiger partial charge in [-0.15, -0.1) is 0 Å². The molecule has 2 N–H and O–H groups in total. The van der Waals surface area contributed by atoms with Crippen LogP contribution in [-0.4, -0.2) is 29.6 Å². The summed E-state index contributed by atoms with van der Waals surface area (Å²) in [6, 6.07) is 10.4. The first kappa shape index (κ1) is 21.2. The molecule has 0 saturated heterocycles. The molecule has 1 aliphatic rings. The van der Waals surface area contributed by atoms with Gasteiger partial charge in [0, 0.05) is 5.39 Å². The van der Waals surface area contributed by atoms with Gasteiger partial charge in [0.05, 0.1) is 12.2 Å². The Hall–Kier alpha value is -2.56. The molecule has 0 heterocycles. The Morgan fingerprint density at radius 1 is 1.10 bits per heavy atom. The molecule has 1 saturated carbocycles. The number of carboxylic acid groups (broad SMARTS) is 1.